The number of hydrogen-bond acceptors (Lipinski definition) is 4. The monoisotopic (exact) mass is 548 g/mol. The summed E-state index contributed by atoms with van der Waals surface area (Å²) in [4.78, 5) is 0. The van der Waals surface area contributed by atoms with Crippen LogP contribution < -0.4 is 0 Å². The van der Waals surface area contributed by atoms with E-state index in [0.29, 0.717) is 13.2 Å². The second-order valence-corrected chi connectivity index (χ2v) is 11.3. The number of hydrogen-bond donors (Lipinski definition) is 2. The summed E-state index contributed by atoms with van der Waals surface area (Å²) in [6.07, 6.45) is 28.5. The zero-order valence-corrected chi connectivity index (χ0v) is 25.1. The molecule has 2 N–H and O–H groups in total. The van der Waals surface area contributed by atoms with Crippen molar-refractivity contribution in [3.63, 3.8) is 0 Å². The van der Waals surface area contributed by atoms with Gasteiger partial charge in [-0.25, -0.2) is 0 Å². The first kappa shape index (κ1) is 33.9. The van der Waals surface area contributed by atoms with Gasteiger partial charge in [-0.05, 0) is 60.8 Å². The second kappa shape index (κ2) is 24.5. The molecular formula is C36H56N2O2. The van der Waals surface area contributed by atoms with Gasteiger partial charge in [0.25, 0.3) is 0 Å². The van der Waals surface area contributed by atoms with Crippen molar-refractivity contribution in [1.29, 1.82) is 0 Å². The van der Waals surface area contributed by atoms with Gasteiger partial charge in [-0.2, -0.15) is 10.2 Å². The van der Waals surface area contributed by atoms with E-state index in [1.165, 1.54) is 114 Å². The number of nitrogens with zero attached hydrogens (tertiary/aromatic N) is 2. The lowest BCUT2D eigenvalue weighted by atomic mass is 10.0. The van der Waals surface area contributed by atoms with Crippen LogP contribution in [0.1, 0.15) is 138 Å². The van der Waals surface area contributed by atoms with E-state index in [1.54, 1.807) is 0 Å². The lowest BCUT2D eigenvalue weighted by Crippen LogP contribution is -1.89. The summed E-state index contributed by atoms with van der Waals surface area (Å²) >= 11 is 0. The van der Waals surface area contributed by atoms with E-state index >= 15 is 0 Å². The molecule has 0 aromatic heterocycles. The largest absolute Gasteiger partial charge is 0.396 e. The summed E-state index contributed by atoms with van der Waals surface area (Å²) in [5, 5.41) is 26.1. The van der Waals surface area contributed by atoms with Crippen molar-refractivity contribution in [2.75, 3.05) is 13.2 Å². The minimum atomic E-state index is 0.340. The maximum absolute atomic E-state index is 8.81. The maximum Gasteiger partial charge on any atom is 0.0568 e. The number of unbranched alkanes of at least 4 members (excludes halogenated alkanes) is 16. The molecule has 0 fully saturated rings. The van der Waals surface area contributed by atoms with Crippen LogP contribution in [0.4, 0.5) is 0 Å². The zero-order chi connectivity index (χ0) is 28.4. The number of benzene rings is 2. The minimum Gasteiger partial charge on any atom is -0.396 e. The molecular weight excluding hydrogens is 492 g/mol. The minimum absolute atomic E-state index is 0.340. The predicted molar refractivity (Wildman–Crippen MR) is 173 cm³/mol. The molecule has 0 amide bonds. The molecule has 0 unspecified atom stereocenters. The van der Waals surface area contributed by atoms with Crippen molar-refractivity contribution in [3.05, 3.63) is 70.8 Å². The number of aryl methyl sites for hydroxylation is 2. The van der Waals surface area contributed by atoms with Gasteiger partial charge < -0.3 is 10.2 Å². The molecule has 0 aliphatic heterocycles. The van der Waals surface area contributed by atoms with Gasteiger partial charge in [0, 0.05) is 13.2 Å². The third-order valence-corrected chi connectivity index (χ3v) is 7.69. The Kier molecular flexibility index (Phi) is 20.8. The van der Waals surface area contributed by atoms with Gasteiger partial charge in [-0.15, -0.1) is 0 Å². The molecule has 0 saturated carbocycles. The molecule has 0 aliphatic carbocycles. The van der Waals surface area contributed by atoms with Crippen LogP contribution in [0.15, 0.2) is 58.7 Å². The number of rotatable bonds is 25. The molecule has 0 spiro atoms. The smallest absolute Gasteiger partial charge is 0.0568 e. The summed E-state index contributed by atoms with van der Waals surface area (Å²) in [6, 6.07) is 17.4. The highest BCUT2D eigenvalue weighted by atomic mass is 16.3. The molecule has 4 heteroatoms. The third-order valence-electron chi connectivity index (χ3n) is 7.69. The molecule has 0 aliphatic rings. The SMILES string of the molecule is OCCCCCCCCCCCc1ccc(/C=N/N=C/c2ccc(CCCCCCCCCCCO)cc2)cc1. The molecule has 40 heavy (non-hydrogen) atoms. The Labute approximate surface area is 245 Å². The van der Waals surface area contributed by atoms with Gasteiger partial charge in [-0.1, -0.05) is 138 Å². The van der Waals surface area contributed by atoms with Gasteiger partial charge in [0.15, 0.2) is 0 Å². The van der Waals surface area contributed by atoms with Gasteiger partial charge in [-0.3, -0.25) is 0 Å². The molecule has 0 bridgehead atoms. The summed E-state index contributed by atoms with van der Waals surface area (Å²) in [7, 11) is 0. The first-order valence-electron chi connectivity index (χ1n) is 16.3. The third kappa shape index (κ3) is 18.1. The second-order valence-electron chi connectivity index (χ2n) is 11.3. The van der Waals surface area contributed by atoms with Crippen molar-refractivity contribution in [2.45, 2.75) is 128 Å². The fourth-order valence-corrected chi connectivity index (χ4v) is 5.10. The standard InChI is InChI=1S/C36H56N2O2/c39-29-17-13-9-5-1-3-7-11-15-19-33-21-25-35(26-22-33)31-37-38-32-36-27-23-34(24-28-36)20-16-12-8-4-2-6-10-14-18-30-40/h21-28,31-32,39-40H,1-20,29-30H2/b37-31+,38-32+. The van der Waals surface area contributed by atoms with Crippen molar-refractivity contribution in [1.82, 2.24) is 0 Å². The molecule has 222 valence electrons. The number of aliphatic hydroxyl groups excluding tert-OH is 2. The van der Waals surface area contributed by atoms with E-state index in [2.05, 4.69) is 58.7 Å². The Morgan fingerprint density at radius 3 is 0.950 bits per heavy atom. The van der Waals surface area contributed by atoms with E-state index in [0.717, 1.165) is 36.8 Å². The van der Waals surface area contributed by atoms with Gasteiger partial charge in [0.1, 0.15) is 0 Å². The van der Waals surface area contributed by atoms with Gasteiger partial charge >= 0.3 is 0 Å². The van der Waals surface area contributed by atoms with E-state index in [9.17, 15) is 0 Å². The van der Waals surface area contributed by atoms with Crippen molar-refractivity contribution in [3.8, 4) is 0 Å². The van der Waals surface area contributed by atoms with Crippen LogP contribution in [0, 0.1) is 0 Å². The van der Waals surface area contributed by atoms with E-state index in [4.69, 9.17) is 10.2 Å². The number of aliphatic hydroxyl groups is 2. The first-order chi connectivity index (χ1) is 19.8. The quantitative estimate of drug-likeness (QED) is 0.0738. The van der Waals surface area contributed by atoms with Crippen LogP contribution >= 0.6 is 0 Å². The predicted octanol–water partition coefficient (Wildman–Crippen LogP) is 9.23. The highest BCUT2D eigenvalue weighted by Crippen LogP contribution is 2.14. The lowest BCUT2D eigenvalue weighted by molar-refractivity contribution is 0.282. The topological polar surface area (TPSA) is 65.2 Å². The van der Waals surface area contributed by atoms with E-state index in [-0.39, 0.29) is 0 Å². The maximum atomic E-state index is 8.81. The molecule has 0 radical (unpaired) electrons. The highest BCUT2D eigenvalue weighted by Gasteiger charge is 1.98. The molecule has 0 atom stereocenters. The summed E-state index contributed by atoms with van der Waals surface area (Å²) in [6.45, 7) is 0.680. The van der Waals surface area contributed by atoms with Crippen LogP contribution in [-0.2, 0) is 12.8 Å². The average Bonchev–Trinajstić information content (AvgIpc) is 2.98. The lowest BCUT2D eigenvalue weighted by Gasteiger charge is -2.03. The van der Waals surface area contributed by atoms with Crippen LogP contribution in [0.2, 0.25) is 0 Å². The summed E-state index contributed by atoms with van der Waals surface area (Å²) < 4.78 is 0. The van der Waals surface area contributed by atoms with Crippen molar-refractivity contribution < 1.29 is 10.2 Å². The molecule has 4 nitrogen and oxygen atoms in total. The fraction of sp³-hybridized carbons (Fsp3) is 0.611. The fourth-order valence-electron chi connectivity index (χ4n) is 5.10. The highest BCUT2D eigenvalue weighted by molar-refractivity contribution is 5.82. The Morgan fingerprint density at radius 2 is 0.650 bits per heavy atom. The molecule has 0 heterocycles. The first-order valence-corrected chi connectivity index (χ1v) is 16.3. The normalized spacial score (nSPS) is 11.8. The van der Waals surface area contributed by atoms with Crippen LogP contribution in [0.5, 0.6) is 0 Å². The average molecular weight is 549 g/mol. The van der Waals surface area contributed by atoms with E-state index in [1.807, 2.05) is 12.4 Å². The molecule has 2 aromatic carbocycles. The molecule has 2 rings (SSSR count). The molecule has 2 aromatic rings. The van der Waals surface area contributed by atoms with Gasteiger partial charge in [0.05, 0.1) is 12.4 Å². The Bertz CT molecular complexity index is 815. The Balaban J connectivity index is 1.52. The van der Waals surface area contributed by atoms with E-state index < -0.39 is 0 Å². The molecule has 0 saturated heterocycles. The van der Waals surface area contributed by atoms with Crippen molar-refractivity contribution >= 4 is 12.4 Å². The van der Waals surface area contributed by atoms with Crippen LogP contribution in [0.25, 0.3) is 0 Å². The Morgan fingerprint density at radius 1 is 0.375 bits per heavy atom. The Hall–Kier alpha value is -2.30. The zero-order valence-electron chi connectivity index (χ0n) is 25.1. The van der Waals surface area contributed by atoms with Crippen LogP contribution in [-0.4, -0.2) is 35.9 Å². The summed E-state index contributed by atoms with van der Waals surface area (Å²) in [5.74, 6) is 0. The van der Waals surface area contributed by atoms with Gasteiger partial charge in [0.2, 0.25) is 0 Å². The summed E-state index contributed by atoms with van der Waals surface area (Å²) in [5.41, 5.74) is 4.96. The van der Waals surface area contributed by atoms with Crippen molar-refractivity contribution in [2.24, 2.45) is 10.2 Å². The van der Waals surface area contributed by atoms with Crippen LogP contribution in [0.3, 0.4) is 0 Å².